The Kier molecular flexibility index (Phi) is 5.90. The van der Waals surface area contributed by atoms with E-state index in [4.69, 9.17) is 4.74 Å². The van der Waals surface area contributed by atoms with Gasteiger partial charge in [-0.3, -0.25) is 0 Å². The van der Waals surface area contributed by atoms with Gasteiger partial charge in [0.05, 0.1) is 5.56 Å². The number of hydrogen-bond donors (Lipinski definition) is 2. The Bertz CT molecular complexity index is 666. The quantitative estimate of drug-likeness (QED) is 0.635. The highest BCUT2D eigenvalue weighted by Gasteiger charge is 2.13. The van der Waals surface area contributed by atoms with Gasteiger partial charge in [-0.1, -0.05) is 38.1 Å². The predicted octanol–water partition coefficient (Wildman–Crippen LogP) is 3.10. The molecule has 0 aromatic heterocycles. The number of aliphatic hydroxyl groups is 2. The Balaban J connectivity index is 2.16. The zero-order valence-electron chi connectivity index (χ0n) is 13.4. The topological polar surface area (TPSA) is 66.8 Å². The van der Waals surface area contributed by atoms with Crippen molar-refractivity contribution in [2.75, 3.05) is 13.2 Å². The molecule has 122 valence electrons. The third-order valence-electron chi connectivity index (χ3n) is 3.88. The van der Waals surface area contributed by atoms with Crippen molar-refractivity contribution in [3.63, 3.8) is 0 Å². The van der Waals surface area contributed by atoms with Crippen molar-refractivity contribution < 1.29 is 19.7 Å². The number of ether oxygens (including phenoxy) is 1. The van der Waals surface area contributed by atoms with Crippen LogP contribution in [0.3, 0.4) is 0 Å². The smallest absolute Gasteiger partial charge is 0.343 e. The van der Waals surface area contributed by atoms with Gasteiger partial charge in [0.2, 0.25) is 0 Å². The highest BCUT2D eigenvalue weighted by molar-refractivity contribution is 5.91. The molecule has 2 aromatic rings. The molecule has 0 fully saturated rings. The molecule has 0 aliphatic heterocycles. The molecule has 23 heavy (non-hydrogen) atoms. The van der Waals surface area contributed by atoms with Gasteiger partial charge in [-0.15, -0.1) is 0 Å². The Labute approximate surface area is 136 Å². The molecule has 0 spiro atoms. The summed E-state index contributed by atoms with van der Waals surface area (Å²) in [5.74, 6) is -0.0296. The minimum atomic E-state index is -0.439. The maximum Gasteiger partial charge on any atom is 0.343 e. The first kappa shape index (κ1) is 17.2. The van der Waals surface area contributed by atoms with Crippen molar-refractivity contribution in [3.8, 4) is 5.75 Å². The van der Waals surface area contributed by atoms with Gasteiger partial charge in [0.1, 0.15) is 5.75 Å². The average Bonchev–Trinajstić information content (AvgIpc) is 2.60. The molecule has 0 saturated carbocycles. The summed E-state index contributed by atoms with van der Waals surface area (Å²) in [5, 5.41) is 18.4. The summed E-state index contributed by atoms with van der Waals surface area (Å²) in [6.45, 7) is 3.86. The summed E-state index contributed by atoms with van der Waals surface area (Å²) >= 11 is 0. The lowest BCUT2D eigenvalue weighted by atomic mass is 10.00. The molecular weight excluding hydrogens is 292 g/mol. The predicted molar refractivity (Wildman–Crippen MR) is 88.8 cm³/mol. The van der Waals surface area contributed by atoms with Crippen LogP contribution in [0, 0.1) is 0 Å². The van der Waals surface area contributed by atoms with E-state index in [9.17, 15) is 15.0 Å². The van der Waals surface area contributed by atoms with E-state index in [0.29, 0.717) is 11.3 Å². The van der Waals surface area contributed by atoms with E-state index in [1.807, 2.05) is 26.0 Å². The number of hydrogen-bond acceptors (Lipinski definition) is 4. The van der Waals surface area contributed by atoms with Gasteiger partial charge in [0, 0.05) is 25.0 Å². The fourth-order valence-electron chi connectivity index (χ4n) is 2.23. The van der Waals surface area contributed by atoms with Crippen molar-refractivity contribution in [2.24, 2.45) is 0 Å². The molecule has 2 rings (SSSR count). The maximum atomic E-state index is 12.3. The van der Waals surface area contributed by atoms with Crippen LogP contribution in [0.25, 0.3) is 0 Å². The van der Waals surface area contributed by atoms with Crippen LogP contribution in [-0.2, 0) is 0 Å². The second-order valence-corrected chi connectivity index (χ2v) is 5.75. The summed E-state index contributed by atoms with van der Waals surface area (Å²) in [5.41, 5.74) is 2.26. The van der Waals surface area contributed by atoms with Crippen molar-refractivity contribution in [1.82, 2.24) is 0 Å². The van der Waals surface area contributed by atoms with Gasteiger partial charge in [0.25, 0.3) is 0 Å². The Morgan fingerprint density at radius 3 is 2.13 bits per heavy atom. The molecule has 0 aliphatic rings. The van der Waals surface area contributed by atoms with Crippen LogP contribution in [0.5, 0.6) is 5.75 Å². The molecule has 2 atom stereocenters. The minimum Gasteiger partial charge on any atom is -0.423 e. The number of carbonyl (C=O) groups is 1. The Morgan fingerprint density at radius 2 is 1.52 bits per heavy atom. The fraction of sp³-hybridized carbons (Fsp3) is 0.316. The van der Waals surface area contributed by atoms with E-state index in [-0.39, 0.29) is 25.0 Å². The van der Waals surface area contributed by atoms with Crippen molar-refractivity contribution in [3.05, 3.63) is 65.2 Å². The molecule has 0 heterocycles. The van der Waals surface area contributed by atoms with Gasteiger partial charge >= 0.3 is 5.97 Å². The van der Waals surface area contributed by atoms with Gasteiger partial charge in [-0.25, -0.2) is 4.79 Å². The minimum absolute atomic E-state index is 0.0117. The maximum absolute atomic E-state index is 12.3. The summed E-state index contributed by atoms with van der Waals surface area (Å²) in [7, 11) is 0. The van der Waals surface area contributed by atoms with Crippen LogP contribution in [0.1, 0.15) is 47.2 Å². The van der Waals surface area contributed by atoms with E-state index in [1.165, 1.54) is 0 Å². The third kappa shape index (κ3) is 4.41. The van der Waals surface area contributed by atoms with Crippen LogP contribution in [-0.4, -0.2) is 29.4 Å². The number of esters is 1. The van der Waals surface area contributed by atoms with E-state index in [1.54, 1.807) is 36.4 Å². The van der Waals surface area contributed by atoms with Gasteiger partial charge in [-0.05, 0) is 35.4 Å². The molecule has 0 aliphatic carbocycles. The van der Waals surface area contributed by atoms with E-state index < -0.39 is 5.97 Å². The van der Waals surface area contributed by atoms with Crippen molar-refractivity contribution >= 4 is 5.97 Å². The van der Waals surface area contributed by atoms with E-state index >= 15 is 0 Å². The number of rotatable bonds is 6. The lowest BCUT2D eigenvalue weighted by Crippen LogP contribution is -2.10. The van der Waals surface area contributed by atoms with Crippen LogP contribution in [0.15, 0.2) is 48.5 Å². The van der Waals surface area contributed by atoms with Crippen molar-refractivity contribution in [2.45, 2.75) is 25.7 Å². The van der Waals surface area contributed by atoms with Crippen LogP contribution in [0.4, 0.5) is 0 Å². The molecule has 0 saturated heterocycles. The summed E-state index contributed by atoms with van der Waals surface area (Å²) in [4.78, 5) is 12.3. The van der Waals surface area contributed by atoms with Crippen LogP contribution in [0.2, 0.25) is 0 Å². The number of aliphatic hydroxyl groups excluding tert-OH is 2. The Morgan fingerprint density at radius 1 is 0.957 bits per heavy atom. The van der Waals surface area contributed by atoms with Crippen LogP contribution < -0.4 is 4.74 Å². The number of carbonyl (C=O) groups excluding carboxylic acids is 1. The lowest BCUT2D eigenvalue weighted by Gasteiger charge is -2.12. The van der Waals surface area contributed by atoms with E-state index in [0.717, 1.165) is 11.1 Å². The highest BCUT2D eigenvalue weighted by Crippen LogP contribution is 2.22. The molecule has 0 bridgehead atoms. The molecule has 2 aromatic carbocycles. The monoisotopic (exact) mass is 314 g/mol. The zero-order valence-corrected chi connectivity index (χ0v) is 13.4. The second-order valence-electron chi connectivity index (χ2n) is 5.75. The highest BCUT2D eigenvalue weighted by atomic mass is 16.5. The summed E-state index contributed by atoms with van der Waals surface area (Å²) in [6, 6.07) is 14.3. The lowest BCUT2D eigenvalue weighted by molar-refractivity contribution is 0.0734. The van der Waals surface area contributed by atoms with Gasteiger partial charge in [0.15, 0.2) is 0 Å². The third-order valence-corrected chi connectivity index (χ3v) is 3.88. The normalized spacial score (nSPS) is 13.4. The Hall–Kier alpha value is -2.17. The molecule has 4 nitrogen and oxygen atoms in total. The van der Waals surface area contributed by atoms with E-state index in [2.05, 4.69) is 0 Å². The standard InChI is InChI=1S/C19H22O4/c1-13(11-20)15-5-3-7-17(9-15)19(22)23-18-8-4-6-16(10-18)14(2)12-21/h3-10,13-14,20-21H,11-12H2,1-2H3. The molecular formula is C19H22O4. The molecule has 0 amide bonds. The zero-order chi connectivity index (χ0) is 16.8. The summed E-state index contributed by atoms with van der Waals surface area (Å²) < 4.78 is 5.42. The second kappa shape index (κ2) is 7.90. The SMILES string of the molecule is CC(CO)c1cccc(OC(=O)c2cccc(C(C)CO)c2)c1. The molecule has 2 N–H and O–H groups in total. The fourth-order valence-corrected chi connectivity index (χ4v) is 2.23. The largest absolute Gasteiger partial charge is 0.423 e. The average molecular weight is 314 g/mol. The van der Waals surface area contributed by atoms with Crippen LogP contribution >= 0.6 is 0 Å². The molecule has 0 radical (unpaired) electrons. The first-order valence-corrected chi connectivity index (χ1v) is 7.69. The first-order chi connectivity index (χ1) is 11.0. The first-order valence-electron chi connectivity index (χ1n) is 7.69. The van der Waals surface area contributed by atoms with Gasteiger partial charge in [-0.2, -0.15) is 0 Å². The molecule has 2 unspecified atom stereocenters. The molecule has 4 heteroatoms. The summed E-state index contributed by atoms with van der Waals surface area (Å²) in [6.07, 6.45) is 0. The van der Waals surface area contributed by atoms with Gasteiger partial charge < -0.3 is 14.9 Å². The van der Waals surface area contributed by atoms with Crippen molar-refractivity contribution in [1.29, 1.82) is 0 Å². The number of benzene rings is 2.